The van der Waals surface area contributed by atoms with Gasteiger partial charge in [0.15, 0.2) is 0 Å². The number of ether oxygens (including phenoxy) is 1. The normalized spacial score (nSPS) is 26.4. The smallest absolute Gasteiger partial charge is 0.270 e. The monoisotopic (exact) mass is 515 g/mol. The number of likely N-dealkylation sites (tertiary alicyclic amines) is 1. The number of halogens is 2. The Morgan fingerprint density at radius 1 is 1.17 bits per heavy atom. The third-order valence-corrected chi connectivity index (χ3v) is 8.64. The minimum atomic E-state index is -4.21. The number of nitrogens with zero attached hydrogens (tertiary/aromatic N) is 2. The average molecular weight is 516 g/mol. The van der Waals surface area contributed by atoms with Crippen LogP contribution in [0.3, 0.4) is 0 Å². The summed E-state index contributed by atoms with van der Waals surface area (Å²) in [7, 11) is -4.21. The Labute approximate surface area is 209 Å². The molecular weight excluding hydrogens is 488 g/mol. The first-order valence-corrected chi connectivity index (χ1v) is 13.6. The van der Waals surface area contributed by atoms with Crippen molar-refractivity contribution in [1.29, 1.82) is 5.26 Å². The van der Waals surface area contributed by atoms with E-state index in [2.05, 4.69) is 4.72 Å². The molecule has 10 heteroatoms. The van der Waals surface area contributed by atoms with Gasteiger partial charge in [-0.25, -0.2) is 21.9 Å². The molecular formula is C26H27F2N3O4S. The molecule has 0 aromatic heterocycles. The van der Waals surface area contributed by atoms with E-state index >= 15 is 4.39 Å². The number of aryl methyl sites for hydroxylation is 1. The maximum absolute atomic E-state index is 15.5. The minimum absolute atomic E-state index is 0.227. The van der Waals surface area contributed by atoms with Crippen molar-refractivity contribution in [2.75, 3.05) is 19.2 Å². The second kappa shape index (κ2) is 9.21. The van der Waals surface area contributed by atoms with Gasteiger partial charge < -0.3 is 9.64 Å². The van der Waals surface area contributed by atoms with Gasteiger partial charge in [0.2, 0.25) is 21.6 Å². The molecule has 2 aromatic rings. The maximum atomic E-state index is 15.5. The molecule has 3 aliphatic rings. The standard InChI is InChI=1S/C26H27F2N3O4S/c27-17-36(33,34)30-23-21(31(16-25(23)11-12-25)24(32)26(15-29)13-14-35-26)10-9-19-7-4-8-20(22(19)28)18-5-2-1-3-6-18/h1-8,21,23,30H,9-14,16-17H2/t21-,23+,26-/m0/s1. The molecule has 1 amide bonds. The van der Waals surface area contributed by atoms with Crippen molar-refractivity contribution in [1.82, 2.24) is 9.62 Å². The summed E-state index contributed by atoms with van der Waals surface area (Å²) >= 11 is 0. The molecule has 2 saturated heterocycles. The number of hydrogen-bond acceptors (Lipinski definition) is 5. The molecule has 2 aliphatic heterocycles. The Morgan fingerprint density at radius 3 is 2.47 bits per heavy atom. The summed E-state index contributed by atoms with van der Waals surface area (Å²) in [5.41, 5.74) is -0.485. The van der Waals surface area contributed by atoms with E-state index in [0.717, 1.165) is 5.56 Å². The summed E-state index contributed by atoms with van der Waals surface area (Å²) < 4.78 is 61.0. The van der Waals surface area contributed by atoms with Gasteiger partial charge in [0.05, 0.1) is 6.61 Å². The molecule has 1 N–H and O–H groups in total. The van der Waals surface area contributed by atoms with Gasteiger partial charge in [-0.05, 0) is 36.8 Å². The lowest BCUT2D eigenvalue weighted by Crippen LogP contribution is -2.58. The summed E-state index contributed by atoms with van der Waals surface area (Å²) in [6.45, 7) is 0.535. The van der Waals surface area contributed by atoms with E-state index in [4.69, 9.17) is 4.74 Å². The molecule has 0 radical (unpaired) electrons. The number of carbonyl (C=O) groups excluding carboxylic acids is 1. The van der Waals surface area contributed by atoms with Crippen molar-refractivity contribution in [3.63, 3.8) is 0 Å². The minimum Gasteiger partial charge on any atom is -0.352 e. The van der Waals surface area contributed by atoms with Gasteiger partial charge in [-0.2, -0.15) is 5.26 Å². The number of amides is 1. The average Bonchev–Trinajstić information content (AvgIpc) is 3.57. The van der Waals surface area contributed by atoms with Crippen LogP contribution in [0, 0.1) is 22.6 Å². The van der Waals surface area contributed by atoms with Crippen LogP contribution in [0.15, 0.2) is 48.5 Å². The van der Waals surface area contributed by atoms with Crippen LogP contribution in [0.5, 0.6) is 0 Å². The summed E-state index contributed by atoms with van der Waals surface area (Å²) in [6, 6.07) is 13.3. The Morgan fingerprint density at radius 2 is 1.89 bits per heavy atom. The molecule has 5 rings (SSSR count). The van der Waals surface area contributed by atoms with Crippen LogP contribution in [0.1, 0.15) is 31.2 Å². The number of hydrogen-bond donors (Lipinski definition) is 1. The van der Waals surface area contributed by atoms with E-state index in [1.165, 1.54) is 4.90 Å². The van der Waals surface area contributed by atoms with E-state index in [1.54, 1.807) is 18.2 Å². The van der Waals surface area contributed by atoms with Crippen molar-refractivity contribution < 1.29 is 26.7 Å². The van der Waals surface area contributed by atoms with Crippen LogP contribution in [-0.4, -0.2) is 56.1 Å². The fraction of sp³-hybridized carbons (Fsp3) is 0.462. The van der Waals surface area contributed by atoms with E-state index < -0.39 is 45.0 Å². The zero-order valence-electron chi connectivity index (χ0n) is 19.6. The van der Waals surface area contributed by atoms with Gasteiger partial charge in [0.1, 0.15) is 11.9 Å². The number of rotatable bonds is 8. The Balaban J connectivity index is 1.45. The first kappa shape index (κ1) is 24.8. The van der Waals surface area contributed by atoms with Gasteiger partial charge >= 0.3 is 0 Å². The van der Waals surface area contributed by atoms with E-state index in [9.17, 15) is 22.9 Å². The molecule has 0 bridgehead atoms. The highest BCUT2D eigenvalue weighted by molar-refractivity contribution is 7.89. The third kappa shape index (κ3) is 4.29. The molecule has 36 heavy (non-hydrogen) atoms. The van der Waals surface area contributed by atoms with Crippen LogP contribution < -0.4 is 4.72 Å². The lowest BCUT2D eigenvalue weighted by molar-refractivity contribution is -0.172. The molecule has 3 atom stereocenters. The van der Waals surface area contributed by atoms with E-state index in [0.29, 0.717) is 30.6 Å². The van der Waals surface area contributed by atoms with Crippen molar-refractivity contribution in [3.05, 3.63) is 59.9 Å². The highest BCUT2D eigenvalue weighted by atomic mass is 32.2. The molecule has 3 fully saturated rings. The van der Waals surface area contributed by atoms with Crippen molar-refractivity contribution in [2.24, 2.45) is 5.41 Å². The first-order valence-electron chi connectivity index (χ1n) is 12.0. The van der Waals surface area contributed by atoms with Crippen molar-refractivity contribution in [3.8, 4) is 17.2 Å². The second-order valence-electron chi connectivity index (χ2n) is 9.90. The zero-order chi connectivity index (χ0) is 25.6. The number of nitriles is 1. The highest BCUT2D eigenvalue weighted by Crippen LogP contribution is 2.56. The third-order valence-electron chi connectivity index (χ3n) is 7.73. The molecule has 7 nitrogen and oxygen atoms in total. The fourth-order valence-electron chi connectivity index (χ4n) is 5.51. The molecule has 2 heterocycles. The van der Waals surface area contributed by atoms with Crippen LogP contribution >= 0.6 is 0 Å². The van der Waals surface area contributed by atoms with Gasteiger partial charge in [-0.1, -0.05) is 48.5 Å². The fourth-order valence-corrected chi connectivity index (χ4v) is 6.36. The number of carbonyl (C=O) groups is 1. The number of alkyl halides is 1. The van der Waals surface area contributed by atoms with Gasteiger partial charge in [-0.15, -0.1) is 0 Å². The number of nitrogens with one attached hydrogen (secondary N) is 1. The van der Waals surface area contributed by atoms with Crippen molar-refractivity contribution >= 4 is 15.9 Å². The predicted molar refractivity (Wildman–Crippen MR) is 128 cm³/mol. The van der Waals surface area contributed by atoms with Crippen molar-refractivity contribution in [2.45, 2.75) is 49.8 Å². The van der Waals surface area contributed by atoms with Crippen LogP contribution in [-0.2, 0) is 26.0 Å². The molecule has 190 valence electrons. The Kier molecular flexibility index (Phi) is 6.35. The summed E-state index contributed by atoms with van der Waals surface area (Å²) in [6.07, 6.45) is 2.07. The molecule has 2 aromatic carbocycles. The predicted octanol–water partition coefficient (Wildman–Crippen LogP) is 3.31. The number of benzene rings is 2. The lowest BCUT2D eigenvalue weighted by atomic mass is 9.91. The largest absolute Gasteiger partial charge is 0.352 e. The van der Waals surface area contributed by atoms with Crippen LogP contribution in [0.2, 0.25) is 0 Å². The maximum Gasteiger partial charge on any atom is 0.270 e. The summed E-state index contributed by atoms with van der Waals surface area (Å²) in [5, 5.41) is 9.64. The Bertz CT molecular complexity index is 1300. The number of sulfonamides is 1. The lowest BCUT2D eigenvalue weighted by Gasteiger charge is -2.39. The van der Waals surface area contributed by atoms with Gasteiger partial charge in [0, 0.05) is 36.0 Å². The van der Waals surface area contributed by atoms with E-state index in [-0.39, 0.29) is 31.6 Å². The van der Waals surface area contributed by atoms with Crippen LogP contribution in [0.25, 0.3) is 11.1 Å². The second-order valence-corrected chi connectivity index (χ2v) is 11.6. The molecule has 1 saturated carbocycles. The van der Waals surface area contributed by atoms with Gasteiger partial charge in [-0.3, -0.25) is 4.79 Å². The summed E-state index contributed by atoms with van der Waals surface area (Å²) in [4.78, 5) is 15.0. The quantitative estimate of drug-likeness (QED) is 0.582. The van der Waals surface area contributed by atoms with Crippen LogP contribution in [0.4, 0.5) is 8.78 Å². The molecule has 1 aliphatic carbocycles. The van der Waals surface area contributed by atoms with Gasteiger partial charge in [0.25, 0.3) is 5.91 Å². The molecule has 1 spiro atoms. The molecule has 0 unspecified atom stereocenters. The summed E-state index contributed by atoms with van der Waals surface area (Å²) in [5.74, 6) is -0.884. The highest BCUT2D eigenvalue weighted by Gasteiger charge is 2.63. The SMILES string of the molecule is N#C[C@]1(C(=O)N2CC3(CC3)[C@H](NS(=O)(=O)CF)[C@@H]2CCc2cccc(-c3ccccc3)c2F)CCO1. The topological polar surface area (TPSA) is 99.5 Å². The Hall–Kier alpha value is -2.87. The first-order chi connectivity index (χ1) is 17.2. The van der Waals surface area contributed by atoms with E-state index in [1.807, 2.05) is 36.4 Å². The zero-order valence-corrected chi connectivity index (χ0v) is 20.4.